The number of para-hydroxylation sites is 1. The zero-order valence-corrected chi connectivity index (χ0v) is 19.5. The molecule has 0 radical (unpaired) electrons. The van der Waals surface area contributed by atoms with Crippen LogP contribution in [0.25, 0.3) is 10.9 Å². The third-order valence-corrected chi connectivity index (χ3v) is 5.40. The number of carboxylic acid groups (broad SMARTS) is 1. The number of fused-ring (bicyclic) bond motifs is 1. The number of carboxylic acids is 1. The fourth-order valence-corrected chi connectivity index (χ4v) is 3.52. The van der Waals surface area contributed by atoms with E-state index < -0.39 is 30.3 Å². The van der Waals surface area contributed by atoms with Crippen molar-refractivity contribution >= 4 is 40.8 Å². The lowest BCUT2D eigenvalue weighted by molar-refractivity contribution is -0.139. The van der Waals surface area contributed by atoms with E-state index in [-0.39, 0.29) is 18.2 Å². The van der Waals surface area contributed by atoms with Crippen molar-refractivity contribution in [3.8, 4) is 0 Å². The van der Waals surface area contributed by atoms with Crippen molar-refractivity contribution in [1.82, 2.24) is 15.6 Å². The van der Waals surface area contributed by atoms with Crippen molar-refractivity contribution in [2.45, 2.75) is 39.2 Å². The molecule has 0 aliphatic rings. The molecule has 0 unspecified atom stereocenters. The first-order valence-electron chi connectivity index (χ1n) is 10.9. The summed E-state index contributed by atoms with van der Waals surface area (Å²) in [7, 11) is 3.84. The Labute approximate surface area is 193 Å². The molecule has 3 N–H and O–H groups in total. The first-order valence-corrected chi connectivity index (χ1v) is 10.9. The monoisotopic (exact) mass is 456 g/mol. The highest BCUT2D eigenvalue weighted by Crippen LogP contribution is 2.22. The Morgan fingerprint density at radius 3 is 2.45 bits per heavy atom. The molecule has 2 amide bonds. The number of aromatic nitrogens is 1. The average Bonchev–Trinajstić information content (AvgIpc) is 2.76. The third kappa shape index (κ3) is 7.55. The lowest BCUT2D eigenvalue weighted by Gasteiger charge is -2.22. The topological polar surface area (TPSA) is 129 Å². The minimum Gasteiger partial charge on any atom is -0.481 e. The van der Waals surface area contributed by atoms with Gasteiger partial charge in [0, 0.05) is 38.4 Å². The molecule has 1 aromatic heterocycles. The van der Waals surface area contributed by atoms with Crippen molar-refractivity contribution in [2.24, 2.45) is 11.8 Å². The number of carbonyl (C=O) groups excluding carboxylic acids is 3. The van der Waals surface area contributed by atoms with Crippen molar-refractivity contribution in [1.29, 1.82) is 0 Å². The maximum absolute atomic E-state index is 12.6. The number of hydrogen-bond acceptors (Lipinski definition) is 6. The van der Waals surface area contributed by atoms with Crippen LogP contribution in [-0.2, 0) is 25.6 Å². The van der Waals surface area contributed by atoms with Gasteiger partial charge in [-0.1, -0.05) is 32.0 Å². The molecule has 9 nitrogen and oxygen atoms in total. The molecule has 9 heteroatoms. The van der Waals surface area contributed by atoms with Gasteiger partial charge >= 0.3 is 5.97 Å². The molecule has 178 valence electrons. The van der Waals surface area contributed by atoms with Crippen LogP contribution >= 0.6 is 0 Å². The van der Waals surface area contributed by atoms with E-state index >= 15 is 0 Å². The molecular formula is C24H32N4O5. The minimum absolute atomic E-state index is 0.0534. The predicted octanol–water partition coefficient (Wildman–Crippen LogP) is 1.78. The summed E-state index contributed by atoms with van der Waals surface area (Å²) in [6, 6.07) is 8.71. The number of aliphatic carboxylic acids is 1. The number of carbonyl (C=O) groups is 4. The minimum atomic E-state index is -1.19. The smallest absolute Gasteiger partial charge is 0.305 e. The van der Waals surface area contributed by atoms with Gasteiger partial charge in [-0.3, -0.25) is 14.4 Å². The van der Waals surface area contributed by atoms with Gasteiger partial charge in [-0.05, 0) is 30.0 Å². The fraction of sp³-hybridized carbons (Fsp3) is 0.458. The van der Waals surface area contributed by atoms with Crippen LogP contribution in [0, 0.1) is 11.8 Å². The van der Waals surface area contributed by atoms with Gasteiger partial charge in [-0.15, -0.1) is 0 Å². The Morgan fingerprint density at radius 1 is 1.15 bits per heavy atom. The fourth-order valence-electron chi connectivity index (χ4n) is 3.52. The number of aldehydes is 1. The summed E-state index contributed by atoms with van der Waals surface area (Å²) in [6.45, 7) is 4.00. The van der Waals surface area contributed by atoms with Crippen molar-refractivity contribution < 1.29 is 24.3 Å². The number of amides is 2. The summed E-state index contributed by atoms with van der Waals surface area (Å²) >= 11 is 0. The van der Waals surface area contributed by atoms with E-state index in [0.29, 0.717) is 19.3 Å². The summed E-state index contributed by atoms with van der Waals surface area (Å²) in [5.41, 5.74) is 1.94. The van der Waals surface area contributed by atoms with E-state index in [1.165, 1.54) is 0 Å². The van der Waals surface area contributed by atoms with Gasteiger partial charge in [0.25, 0.3) is 0 Å². The van der Waals surface area contributed by atoms with Crippen LogP contribution in [0.4, 0.5) is 5.82 Å². The number of nitrogens with one attached hydrogen (secondary N) is 2. The lowest BCUT2D eigenvalue weighted by Crippen LogP contribution is -2.44. The molecule has 0 aliphatic heterocycles. The molecule has 0 spiro atoms. The van der Waals surface area contributed by atoms with E-state index in [1.807, 2.05) is 49.3 Å². The van der Waals surface area contributed by atoms with Gasteiger partial charge in [-0.2, -0.15) is 0 Å². The summed E-state index contributed by atoms with van der Waals surface area (Å²) in [5, 5.41) is 15.2. The SMILES string of the molecule is CC(C)[C@H](CC(=O)NCCc1cc(N(C)C)nc2ccccc12)C(=O)N[C@H](C=O)CC(=O)O. The predicted molar refractivity (Wildman–Crippen MR) is 126 cm³/mol. The molecule has 0 bridgehead atoms. The average molecular weight is 457 g/mol. The lowest BCUT2D eigenvalue weighted by atomic mass is 9.91. The molecule has 0 aliphatic carbocycles. The van der Waals surface area contributed by atoms with Gasteiger partial charge in [0.1, 0.15) is 12.1 Å². The quantitative estimate of drug-likeness (QED) is 0.415. The zero-order chi connectivity index (χ0) is 24.5. The second-order valence-corrected chi connectivity index (χ2v) is 8.55. The van der Waals surface area contributed by atoms with Crippen LogP contribution in [0.2, 0.25) is 0 Å². The molecule has 0 fully saturated rings. The van der Waals surface area contributed by atoms with Crippen LogP contribution in [0.3, 0.4) is 0 Å². The second kappa shape index (κ2) is 11.9. The van der Waals surface area contributed by atoms with Crippen LogP contribution in [0.15, 0.2) is 30.3 Å². The first kappa shape index (κ1) is 25.8. The highest BCUT2D eigenvalue weighted by molar-refractivity contribution is 5.88. The van der Waals surface area contributed by atoms with Crippen LogP contribution in [0.1, 0.15) is 32.3 Å². The van der Waals surface area contributed by atoms with Crippen LogP contribution in [0.5, 0.6) is 0 Å². The number of anilines is 1. The Balaban J connectivity index is 2.00. The first-order chi connectivity index (χ1) is 15.6. The van der Waals surface area contributed by atoms with Crippen molar-refractivity contribution in [3.63, 3.8) is 0 Å². The Kier molecular flexibility index (Phi) is 9.32. The van der Waals surface area contributed by atoms with Crippen molar-refractivity contribution in [3.05, 3.63) is 35.9 Å². The van der Waals surface area contributed by atoms with E-state index in [9.17, 15) is 19.2 Å². The van der Waals surface area contributed by atoms with Gasteiger partial charge in [0.05, 0.1) is 18.0 Å². The Hall–Kier alpha value is -3.49. The number of pyridine rings is 1. The number of nitrogens with zero attached hydrogens (tertiary/aromatic N) is 2. The van der Waals surface area contributed by atoms with Gasteiger partial charge in [0.15, 0.2) is 0 Å². The highest BCUT2D eigenvalue weighted by Gasteiger charge is 2.27. The van der Waals surface area contributed by atoms with Gasteiger partial charge in [-0.25, -0.2) is 4.98 Å². The second-order valence-electron chi connectivity index (χ2n) is 8.55. The normalized spacial score (nSPS) is 12.8. The Bertz CT molecular complexity index is 1010. The molecule has 0 saturated carbocycles. The number of rotatable bonds is 12. The van der Waals surface area contributed by atoms with Gasteiger partial charge in [0.2, 0.25) is 11.8 Å². The molecule has 2 rings (SSSR count). The maximum atomic E-state index is 12.6. The zero-order valence-electron chi connectivity index (χ0n) is 19.5. The molecule has 0 saturated heterocycles. The number of hydrogen-bond donors (Lipinski definition) is 3. The molecule has 1 heterocycles. The Morgan fingerprint density at radius 2 is 1.85 bits per heavy atom. The molecule has 1 aromatic carbocycles. The highest BCUT2D eigenvalue weighted by atomic mass is 16.4. The van der Waals surface area contributed by atoms with E-state index in [0.717, 1.165) is 22.3 Å². The maximum Gasteiger partial charge on any atom is 0.305 e. The largest absolute Gasteiger partial charge is 0.481 e. The summed E-state index contributed by atoms with van der Waals surface area (Å²) in [6.07, 6.45) is 0.438. The van der Waals surface area contributed by atoms with Gasteiger partial charge < -0.3 is 25.4 Å². The molecular weight excluding hydrogens is 424 g/mol. The summed E-state index contributed by atoms with van der Waals surface area (Å²) < 4.78 is 0. The summed E-state index contributed by atoms with van der Waals surface area (Å²) in [4.78, 5) is 53.6. The molecule has 2 aromatic rings. The van der Waals surface area contributed by atoms with Crippen LogP contribution in [-0.4, -0.2) is 60.8 Å². The van der Waals surface area contributed by atoms with E-state index in [1.54, 1.807) is 13.8 Å². The van der Waals surface area contributed by atoms with E-state index in [2.05, 4.69) is 15.6 Å². The van der Waals surface area contributed by atoms with E-state index in [4.69, 9.17) is 5.11 Å². The van der Waals surface area contributed by atoms with Crippen molar-refractivity contribution in [2.75, 3.05) is 25.5 Å². The summed E-state index contributed by atoms with van der Waals surface area (Å²) in [5.74, 6) is -1.99. The third-order valence-electron chi connectivity index (χ3n) is 5.40. The standard InChI is InChI=1S/C24H32N4O5/c1-15(2)19(24(33)26-17(14-29)12-23(31)32)13-22(30)25-10-9-16-11-21(28(3)4)27-20-8-6-5-7-18(16)20/h5-8,11,14-15,17,19H,9-10,12-13H2,1-4H3,(H,25,30)(H,26,33)(H,31,32)/t17-,19-/m0/s1. The number of benzene rings is 1. The molecule has 2 atom stereocenters. The molecule has 33 heavy (non-hydrogen) atoms. The van der Waals surface area contributed by atoms with Crippen LogP contribution < -0.4 is 15.5 Å².